The van der Waals surface area contributed by atoms with Crippen LogP contribution in [0.15, 0.2) is 37.1 Å². The average molecular weight is 182 g/mol. The van der Waals surface area contributed by atoms with E-state index in [-0.39, 0.29) is 0 Å². The van der Waals surface area contributed by atoms with Gasteiger partial charge in [0.1, 0.15) is 5.52 Å². The third kappa shape index (κ3) is 0.939. The molecule has 0 unspecified atom stereocenters. The standard InChI is InChI=1S/C10H6N4/c1-2-11-5-7-6-14-10-9(8(1)7)12-3-4-13-10/h1-6H. The highest BCUT2D eigenvalue weighted by Gasteiger charge is 2.01. The van der Waals surface area contributed by atoms with Crippen molar-refractivity contribution in [3.63, 3.8) is 0 Å². The Morgan fingerprint density at radius 1 is 0.857 bits per heavy atom. The Bertz CT molecular complexity index is 551. The second-order valence-electron chi connectivity index (χ2n) is 2.95. The first-order valence-electron chi connectivity index (χ1n) is 4.24. The second kappa shape index (κ2) is 2.70. The summed E-state index contributed by atoms with van der Waals surface area (Å²) in [6, 6.07) is 1.92. The maximum Gasteiger partial charge on any atom is 0.178 e. The number of rotatable bonds is 0. The molecule has 3 aromatic heterocycles. The van der Waals surface area contributed by atoms with Crippen LogP contribution in [-0.4, -0.2) is 19.9 Å². The number of nitrogens with zero attached hydrogens (tertiary/aromatic N) is 4. The maximum atomic E-state index is 4.26. The van der Waals surface area contributed by atoms with Gasteiger partial charge in [-0.2, -0.15) is 0 Å². The molecule has 0 aliphatic carbocycles. The SMILES string of the molecule is c1cc2c(cn1)cnc1nccnc12. The largest absolute Gasteiger partial charge is 0.264 e. The summed E-state index contributed by atoms with van der Waals surface area (Å²) in [6.45, 7) is 0. The minimum absolute atomic E-state index is 0.672. The Labute approximate surface area is 79.7 Å². The molecule has 3 rings (SSSR count). The summed E-state index contributed by atoms with van der Waals surface area (Å²) in [4.78, 5) is 16.6. The van der Waals surface area contributed by atoms with Crippen molar-refractivity contribution in [1.82, 2.24) is 19.9 Å². The molecular formula is C10H6N4. The smallest absolute Gasteiger partial charge is 0.178 e. The molecule has 0 saturated heterocycles. The summed E-state index contributed by atoms with van der Waals surface area (Å²) in [5.74, 6) is 0. The van der Waals surface area contributed by atoms with Gasteiger partial charge in [-0.05, 0) is 6.07 Å². The molecule has 14 heavy (non-hydrogen) atoms. The Hall–Kier alpha value is -2.10. The maximum absolute atomic E-state index is 4.26. The molecule has 3 aromatic rings. The minimum atomic E-state index is 0.672. The zero-order valence-corrected chi connectivity index (χ0v) is 7.25. The third-order valence-electron chi connectivity index (χ3n) is 2.11. The van der Waals surface area contributed by atoms with Gasteiger partial charge >= 0.3 is 0 Å². The summed E-state index contributed by atoms with van der Waals surface area (Å²) in [5, 5.41) is 2.03. The molecule has 0 aliphatic heterocycles. The van der Waals surface area contributed by atoms with Crippen molar-refractivity contribution < 1.29 is 0 Å². The summed E-state index contributed by atoms with van der Waals surface area (Å²) in [5.41, 5.74) is 1.50. The fraction of sp³-hybridized carbons (Fsp3) is 0. The number of fused-ring (bicyclic) bond motifs is 3. The van der Waals surface area contributed by atoms with Crippen LogP contribution in [-0.2, 0) is 0 Å². The number of aromatic nitrogens is 4. The molecule has 0 amide bonds. The van der Waals surface area contributed by atoms with Crippen molar-refractivity contribution in [1.29, 1.82) is 0 Å². The van der Waals surface area contributed by atoms with Gasteiger partial charge in [0.25, 0.3) is 0 Å². The van der Waals surface area contributed by atoms with Gasteiger partial charge in [-0.3, -0.25) is 9.97 Å². The monoisotopic (exact) mass is 182 g/mol. The highest BCUT2D eigenvalue weighted by Crippen LogP contribution is 2.18. The van der Waals surface area contributed by atoms with Gasteiger partial charge in [0.05, 0.1) is 0 Å². The molecule has 0 saturated carbocycles. The first kappa shape index (κ1) is 7.32. The van der Waals surface area contributed by atoms with Crippen molar-refractivity contribution in [2.24, 2.45) is 0 Å². The predicted molar refractivity (Wildman–Crippen MR) is 52.6 cm³/mol. The lowest BCUT2D eigenvalue weighted by atomic mass is 10.2. The van der Waals surface area contributed by atoms with E-state index in [1.165, 1.54) is 0 Å². The molecule has 0 radical (unpaired) electrons. The van der Waals surface area contributed by atoms with Gasteiger partial charge in [-0.25, -0.2) is 9.97 Å². The van der Waals surface area contributed by atoms with Gasteiger partial charge in [0, 0.05) is 41.8 Å². The lowest BCUT2D eigenvalue weighted by Crippen LogP contribution is -1.87. The van der Waals surface area contributed by atoms with Crippen molar-refractivity contribution >= 4 is 21.9 Å². The van der Waals surface area contributed by atoms with Gasteiger partial charge in [0.15, 0.2) is 5.65 Å². The topological polar surface area (TPSA) is 51.6 Å². The zero-order chi connectivity index (χ0) is 9.38. The normalized spacial score (nSPS) is 10.9. The van der Waals surface area contributed by atoms with Crippen molar-refractivity contribution in [2.45, 2.75) is 0 Å². The van der Waals surface area contributed by atoms with E-state index >= 15 is 0 Å². The fourth-order valence-corrected chi connectivity index (χ4v) is 1.47. The molecule has 3 heterocycles. The van der Waals surface area contributed by atoms with Crippen LogP contribution in [0.25, 0.3) is 21.9 Å². The Kier molecular flexibility index (Phi) is 1.41. The summed E-state index contributed by atoms with van der Waals surface area (Å²) in [7, 11) is 0. The molecule has 0 aliphatic rings. The molecule has 0 spiro atoms. The van der Waals surface area contributed by atoms with E-state index in [9.17, 15) is 0 Å². The summed E-state index contributed by atoms with van der Waals surface area (Å²) < 4.78 is 0. The quantitative estimate of drug-likeness (QED) is 0.495. The minimum Gasteiger partial charge on any atom is -0.264 e. The number of hydrogen-bond donors (Lipinski definition) is 0. The summed E-state index contributed by atoms with van der Waals surface area (Å²) >= 11 is 0. The third-order valence-corrected chi connectivity index (χ3v) is 2.11. The molecule has 0 atom stereocenters. The number of hydrogen-bond acceptors (Lipinski definition) is 4. The molecule has 0 fully saturated rings. The summed E-state index contributed by atoms with van der Waals surface area (Å²) in [6.07, 6.45) is 8.60. The Morgan fingerprint density at radius 3 is 2.79 bits per heavy atom. The van der Waals surface area contributed by atoms with Gasteiger partial charge in [-0.1, -0.05) is 0 Å². The lowest BCUT2D eigenvalue weighted by Gasteiger charge is -1.99. The fourth-order valence-electron chi connectivity index (χ4n) is 1.47. The average Bonchev–Trinajstić information content (AvgIpc) is 2.29. The van der Waals surface area contributed by atoms with E-state index in [0.717, 1.165) is 16.3 Å². The van der Waals surface area contributed by atoms with Crippen molar-refractivity contribution in [2.75, 3.05) is 0 Å². The van der Waals surface area contributed by atoms with Gasteiger partial charge in [0.2, 0.25) is 0 Å². The lowest BCUT2D eigenvalue weighted by molar-refractivity contribution is 1.23. The van der Waals surface area contributed by atoms with E-state index in [0.29, 0.717) is 5.65 Å². The first-order chi connectivity index (χ1) is 6.95. The van der Waals surface area contributed by atoms with E-state index in [4.69, 9.17) is 0 Å². The van der Waals surface area contributed by atoms with Crippen LogP contribution in [0.5, 0.6) is 0 Å². The molecule has 4 heteroatoms. The first-order valence-corrected chi connectivity index (χ1v) is 4.24. The molecule has 0 aromatic carbocycles. The molecular weight excluding hydrogens is 176 g/mol. The van der Waals surface area contributed by atoms with Crippen LogP contribution >= 0.6 is 0 Å². The Morgan fingerprint density at radius 2 is 1.79 bits per heavy atom. The van der Waals surface area contributed by atoms with Crippen LogP contribution in [0.1, 0.15) is 0 Å². The number of pyridine rings is 2. The van der Waals surface area contributed by atoms with Crippen molar-refractivity contribution in [3.8, 4) is 0 Å². The molecule has 66 valence electrons. The zero-order valence-electron chi connectivity index (χ0n) is 7.25. The van der Waals surface area contributed by atoms with Crippen LogP contribution < -0.4 is 0 Å². The second-order valence-corrected chi connectivity index (χ2v) is 2.95. The van der Waals surface area contributed by atoms with Gasteiger partial charge in [-0.15, -0.1) is 0 Å². The van der Waals surface area contributed by atoms with Crippen molar-refractivity contribution in [3.05, 3.63) is 37.1 Å². The molecule has 4 nitrogen and oxygen atoms in total. The van der Waals surface area contributed by atoms with Crippen LogP contribution in [0.3, 0.4) is 0 Å². The molecule has 0 bridgehead atoms. The highest BCUT2D eigenvalue weighted by molar-refractivity contribution is 6.00. The van der Waals surface area contributed by atoms with Crippen LogP contribution in [0.4, 0.5) is 0 Å². The van der Waals surface area contributed by atoms with E-state index in [1.54, 1.807) is 31.0 Å². The molecule has 0 N–H and O–H groups in total. The van der Waals surface area contributed by atoms with E-state index in [2.05, 4.69) is 19.9 Å². The van der Waals surface area contributed by atoms with Gasteiger partial charge < -0.3 is 0 Å². The van der Waals surface area contributed by atoms with Crippen LogP contribution in [0, 0.1) is 0 Å². The van der Waals surface area contributed by atoms with E-state index < -0.39 is 0 Å². The predicted octanol–water partition coefficient (Wildman–Crippen LogP) is 1.57. The highest BCUT2D eigenvalue weighted by atomic mass is 14.9. The van der Waals surface area contributed by atoms with E-state index in [1.807, 2.05) is 6.07 Å². The Balaban J connectivity index is 2.61. The van der Waals surface area contributed by atoms with Crippen LogP contribution in [0.2, 0.25) is 0 Å².